The van der Waals surface area contributed by atoms with Gasteiger partial charge in [0.15, 0.2) is 0 Å². The highest BCUT2D eigenvalue weighted by Gasteiger charge is 2.24. The van der Waals surface area contributed by atoms with Crippen molar-refractivity contribution in [2.45, 2.75) is 24.8 Å². The fourth-order valence-corrected chi connectivity index (χ4v) is 1.33. The second kappa shape index (κ2) is 4.75. The van der Waals surface area contributed by atoms with Gasteiger partial charge in [0.25, 0.3) is 0 Å². The number of methoxy groups -OCH3 is 1. The first-order valence-electron chi connectivity index (χ1n) is 3.70. The molecular weight excluding hydrogens is 162 g/mol. The van der Waals surface area contributed by atoms with Gasteiger partial charge in [-0.2, -0.15) is 0 Å². The molecular formula is C8H16ClNO. The maximum absolute atomic E-state index is 5.99. The minimum atomic E-state index is -0.0799. The van der Waals surface area contributed by atoms with Crippen molar-refractivity contribution >= 4 is 12.4 Å². The van der Waals surface area contributed by atoms with Crippen LogP contribution in [0.1, 0.15) is 19.3 Å². The minimum Gasteiger partial charge on any atom is -0.383 e. The van der Waals surface area contributed by atoms with Crippen molar-refractivity contribution in [1.82, 2.24) is 0 Å². The zero-order valence-electron chi connectivity index (χ0n) is 6.88. The van der Waals surface area contributed by atoms with E-state index >= 15 is 0 Å². The molecule has 0 saturated heterocycles. The lowest BCUT2D eigenvalue weighted by atomic mass is 9.88. The van der Waals surface area contributed by atoms with Crippen molar-refractivity contribution in [3.63, 3.8) is 0 Å². The van der Waals surface area contributed by atoms with Crippen molar-refractivity contribution < 1.29 is 4.74 Å². The highest BCUT2D eigenvalue weighted by atomic mass is 35.5. The van der Waals surface area contributed by atoms with Crippen LogP contribution in [0.2, 0.25) is 0 Å². The molecule has 1 atom stereocenters. The molecule has 0 radical (unpaired) electrons. The van der Waals surface area contributed by atoms with E-state index in [0.29, 0.717) is 6.61 Å². The van der Waals surface area contributed by atoms with E-state index in [9.17, 15) is 0 Å². The molecule has 0 aromatic carbocycles. The monoisotopic (exact) mass is 177 g/mol. The molecule has 0 fully saturated rings. The Balaban J connectivity index is 0.000001000. The number of halogens is 1. The van der Waals surface area contributed by atoms with Gasteiger partial charge in [0.2, 0.25) is 0 Å². The fraction of sp³-hybridized carbons (Fsp3) is 0.750. The van der Waals surface area contributed by atoms with E-state index in [2.05, 4.69) is 12.2 Å². The van der Waals surface area contributed by atoms with Gasteiger partial charge in [-0.15, -0.1) is 12.4 Å². The summed E-state index contributed by atoms with van der Waals surface area (Å²) >= 11 is 0. The van der Waals surface area contributed by atoms with E-state index < -0.39 is 0 Å². The van der Waals surface area contributed by atoms with Crippen LogP contribution in [0.25, 0.3) is 0 Å². The maximum atomic E-state index is 5.99. The van der Waals surface area contributed by atoms with E-state index in [4.69, 9.17) is 10.5 Å². The molecule has 2 nitrogen and oxygen atoms in total. The second-order valence-electron chi connectivity index (χ2n) is 3.01. The van der Waals surface area contributed by atoms with Gasteiger partial charge >= 0.3 is 0 Å². The number of rotatable bonds is 2. The number of nitrogens with two attached hydrogens (primary N) is 1. The van der Waals surface area contributed by atoms with Crippen molar-refractivity contribution in [2.75, 3.05) is 13.7 Å². The Bertz CT molecular complexity index is 138. The van der Waals surface area contributed by atoms with Crippen LogP contribution in [-0.2, 0) is 4.74 Å². The molecule has 11 heavy (non-hydrogen) atoms. The molecule has 0 heterocycles. The van der Waals surface area contributed by atoms with Gasteiger partial charge in [0.05, 0.1) is 6.61 Å². The summed E-state index contributed by atoms with van der Waals surface area (Å²) in [4.78, 5) is 0. The highest BCUT2D eigenvalue weighted by Crippen LogP contribution is 2.20. The first-order valence-corrected chi connectivity index (χ1v) is 3.70. The summed E-state index contributed by atoms with van der Waals surface area (Å²) in [6.07, 6.45) is 7.43. The molecule has 0 aromatic rings. The lowest BCUT2D eigenvalue weighted by molar-refractivity contribution is 0.126. The van der Waals surface area contributed by atoms with Crippen molar-refractivity contribution in [3.8, 4) is 0 Å². The van der Waals surface area contributed by atoms with Crippen LogP contribution in [0.3, 0.4) is 0 Å². The van der Waals surface area contributed by atoms with Crippen LogP contribution < -0.4 is 5.73 Å². The van der Waals surface area contributed by atoms with Crippen molar-refractivity contribution in [2.24, 2.45) is 5.73 Å². The van der Waals surface area contributed by atoms with Gasteiger partial charge in [0, 0.05) is 12.6 Å². The maximum Gasteiger partial charge on any atom is 0.0645 e. The third-order valence-corrected chi connectivity index (χ3v) is 1.93. The van der Waals surface area contributed by atoms with Crippen LogP contribution >= 0.6 is 12.4 Å². The largest absolute Gasteiger partial charge is 0.383 e. The Morgan fingerprint density at radius 1 is 1.55 bits per heavy atom. The van der Waals surface area contributed by atoms with Crippen LogP contribution in [-0.4, -0.2) is 19.3 Å². The summed E-state index contributed by atoms with van der Waals surface area (Å²) in [6, 6.07) is 0. The van der Waals surface area contributed by atoms with Crippen molar-refractivity contribution in [1.29, 1.82) is 0 Å². The highest BCUT2D eigenvalue weighted by molar-refractivity contribution is 5.85. The van der Waals surface area contributed by atoms with E-state index in [0.717, 1.165) is 19.3 Å². The lowest BCUT2D eigenvalue weighted by Gasteiger charge is -2.29. The molecule has 1 aliphatic rings. The van der Waals surface area contributed by atoms with E-state index in [1.807, 2.05) is 0 Å². The molecule has 0 bridgehead atoms. The van der Waals surface area contributed by atoms with Gasteiger partial charge in [-0.05, 0) is 19.3 Å². The second-order valence-corrected chi connectivity index (χ2v) is 3.01. The van der Waals surface area contributed by atoms with Gasteiger partial charge in [-0.1, -0.05) is 12.2 Å². The first kappa shape index (κ1) is 11.0. The third kappa shape index (κ3) is 3.23. The Kier molecular flexibility index (Phi) is 4.73. The predicted molar refractivity (Wildman–Crippen MR) is 49.0 cm³/mol. The van der Waals surface area contributed by atoms with Crippen LogP contribution in [0.5, 0.6) is 0 Å². The molecule has 2 N–H and O–H groups in total. The average Bonchev–Trinajstić information content (AvgIpc) is 1.89. The Morgan fingerprint density at radius 3 is 2.73 bits per heavy atom. The fourth-order valence-electron chi connectivity index (χ4n) is 1.33. The first-order chi connectivity index (χ1) is 4.77. The summed E-state index contributed by atoms with van der Waals surface area (Å²) in [7, 11) is 1.70. The summed E-state index contributed by atoms with van der Waals surface area (Å²) in [5.41, 5.74) is 5.91. The molecule has 3 heteroatoms. The quantitative estimate of drug-likeness (QED) is 0.649. The van der Waals surface area contributed by atoms with Gasteiger partial charge in [-0.3, -0.25) is 0 Å². The molecule has 1 unspecified atom stereocenters. The van der Waals surface area contributed by atoms with Gasteiger partial charge < -0.3 is 10.5 Å². The normalized spacial score (nSPS) is 29.6. The average molecular weight is 178 g/mol. The Morgan fingerprint density at radius 2 is 2.27 bits per heavy atom. The Hall–Kier alpha value is -0.0500. The topological polar surface area (TPSA) is 35.2 Å². The molecule has 0 amide bonds. The number of allylic oxidation sites excluding steroid dienone is 1. The van der Waals surface area contributed by atoms with Gasteiger partial charge in [-0.25, -0.2) is 0 Å². The van der Waals surface area contributed by atoms with Crippen molar-refractivity contribution in [3.05, 3.63) is 12.2 Å². The lowest BCUT2D eigenvalue weighted by Crippen LogP contribution is -2.44. The molecule has 66 valence electrons. The number of hydrogen-bond acceptors (Lipinski definition) is 2. The third-order valence-electron chi connectivity index (χ3n) is 1.93. The van der Waals surface area contributed by atoms with E-state index in [-0.39, 0.29) is 17.9 Å². The molecule has 1 rings (SSSR count). The molecule has 0 saturated carbocycles. The molecule has 0 aliphatic heterocycles. The summed E-state index contributed by atoms with van der Waals surface area (Å²) < 4.78 is 5.03. The Labute approximate surface area is 74.2 Å². The number of ether oxygens (including phenoxy) is 1. The summed E-state index contributed by atoms with van der Waals surface area (Å²) in [5, 5.41) is 0. The van der Waals surface area contributed by atoms with Crippen LogP contribution in [0.15, 0.2) is 12.2 Å². The smallest absolute Gasteiger partial charge is 0.0645 e. The standard InChI is InChI=1S/C8H15NO.ClH/c1-10-7-8(9)5-3-2-4-6-8;/h2-3H,4-7,9H2,1H3;1H. The van der Waals surface area contributed by atoms with Gasteiger partial charge in [0.1, 0.15) is 0 Å². The predicted octanol–water partition coefficient (Wildman–Crippen LogP) is 1.49. The SMILES string of the molecule is COCC1(N)CC=CCC1.Cl. The zero-order valence-corrected chi connectivity index (χ0v) is 7.69. The minimum absolute atomic E-state index is 0. The molecule has 0 spiro atoms. The van der Waals surface area contributed by atoms with E-state index in [1.54, 1.807) is 7.11 Å². The van der Waals surface area contributed by atoms with Crippen LogP contribution in [0.4, 0.5) is 0 Å². The molecule has 0 aromatic heterocycles. The van der Waals surface area contributed by atoms with E-state index in [1.165, 1.54) is 0 Å². The summed E-state index contributed by atoms with van der Waals surface area (Å²) in [5.74, 6) is 0. The molecule has 1 aliphatic carbocycles. The number of hydrogen-bond donors (Lipinski definition) is 1. The van der Waals surface area contributed by atoms with Crippen LogP contribution in [0, 0.1) is 0 Å². The summed E-state index contributed by atoms with van der Waals surface area (Å²) in [6.45, 7) is 0.678. The zero-order chi connectivity index (χ0) is 7.45.